The third-order valence-corrected chi connectivity index (χ3v) is 4.36. The van der Waals surface area contributed by atoms with Crippen LogP contribution < -0.4 is 10.6 Å². The highest BCUT2D eigenvalue weighted by atomic mass is 32.1. The van der Waals surface area contributed by atoms with Crippen molar-refractivity contribution in [1.29, 1.82) is 0 Å². The normalized spacial score (nSPS) is 16.9. The SMILES string of the molecule is CCC(C)(C(=O)N1CCc2ccc(F)cc21)C(N)=S. The standard InChI is InChI=1S/C14H17FN2OS/c1-3-14(2,12(16)19)13(18)17-7-6-9-4-5-10(15)8-11(9)17/h4-5,8H,3,6-7H2,1-2H3,(H2,16,19). The summed E-state index contributed by atoms with van der Waals surface area (Å²) >= 11 is 5.02. The lowest BCUT2D eigenvalue weighted by Crippen LogP contribution is -2.48. The smallest absolute Gasteiger partial charge is 0.239 e. The molecular weight excluding hydrogens is 263 g/mol. The predicted octanol–water partition coefficient (Wildman–Crippen LogP) is 2.42. The van der Waals surface area contributed by atoms with Crippen LogP contribution in [0.1, 0.15) is 25.8 Å². The third-order valence-electron chi connectivity index (χ3n) is 3.91. The van der Waals surface area contributed by atoms with E-state index in [0.29, 0.717) is 18.7 Å². The highest BCUT2D eigenvalue weighted by molar-refractivity contribution is 7.80. The van der Waals surface area contributed by atoms with E-state index in [0.717, 1.165) is 12.0 Å². The van der Waals surface area contributed by atoms with E-state index >= 15 is 0 Å². The van der Waals surface area contributed by atoms with E-state index in [1.165, 1.54) is 12.1 Å². The first-order valence-corrected chi connectivity index (χ1v) is 6.71. The van der Waals surface area contributed by atoms with Gasteiger partial charge in [-0.25, -0.2) is 4.39 Å². The van der Waals surface area contributed by atoms with E-state index in [4.69, 9.17) is 18.0 Å². The number of thiocarbonyl (C=S) groups is 1. The number of carbonyl (C=O) groups is 1. The van der Waals surface area contributed by atoms with E-state index in [1.807, 2.05) is 6.92 Å². The zero-order valence-corrected chi connectivity index (χ0v) is 11.9. The Bertz CT molecular complexity index is 546. The molecule has 3 nitrogen and oxygen atoms in total. The van der Waals surface area contributed by atoms with Gasteiger partial charge >= 0.3 is 0 Å². The number of fused-ring (bicyclic) bond motifs is 1. The zero-order chi connectivity index (χ0) is 14.2. The number of nitrogens with zero attached hydrogens (tertiary/aromatic N) is 1. The number of rotatable bonds is 3. The maximum Gasteiger partial charge on any atom is 0.239 e. The number of hydrogen-bond acceptors (Lipinski definition) is 2. The summed E-state index contributed by atoms with van der Waals surface area (Å²) in [4.78, 5) is 14.4. The molecule has 1 aromatic carbocycles. The highest BCUT2D eigenvalue weighted by Gasteiger charge is 2.40. The Labute approximate surface area is 117 Å². The Balaban J connectivity index is 2.38. The van der Waals surface area contributed by atoms with Crippen molar-refractivity contribution < 1.29 is 9.18 Å². The van der Waals surface area contributed by atoms with Gasteiger partial charge in [0.1, 0.15) is 5.82 Å². The second-order valence-corrected chi connectivity index (χ2v) is 5.47. The van der Waals surface area contributed by atoms with Crippen molar-refractivity contribution in [2.24, 2.45) is 11.1 Å². The largest absolute Gasteiger partial charge is 0.392 e. The van der Waals surface area contributed by atoms with Crippen LogP contribution in [0.5, 0.6) is 0 Å². The molecule has 0 saturated heterocycles. The summed E-state index contributed by atoms with van der Waals surface area (Å²) in [5.41, 5.74) is 6.46. The van der Waals surface area contributed by atoms with Crippen molar-refractivity contribution in [2.75, 3.05) is 11.4 Å². The van der Waals surface area contributed by atoms with Crippen LogP contribution in [-0.4, -0.2) is 17.4 Å². The van der Waals surface area contributed by atoms with Crippen molar-refractivity contribution in [2.45, 2.75) is 26.7 Å². The monoisotopic (exact) mass is 280 g/mol. The number of benzene rings is 1. The first-order valence-electron chi connectivity index (χ1n) is 6.30. The molecule has 102 valence electrons. The van der Waals surface area contributed by atoms with Crippen molar-refractivity contribution in [1.82, 2.24) is 0 Å². The van der Waals surface area contributed by atoms with Gasteiger partial charge in [0.05, 0.1) is 10.4 Å². The number of amides is 1. The van der Waals surface area contributed by atoms with E-state index in [9.17, 15) is 9.18 Å². The summed E-state index contributed by atoms with van der Waals surface area (Å²) in [6, 6.07) is 4.54. The molecule has 0 radical (unpaired) electrons. The molecule has 0 aliphatic carbocycles. The predicted molar refractivity (Wildman–Crippen MR) is 77.6 cm³/mol. The lowest BCUT2D eigenvalue weighted by molar-refractivity contribution is -0.124. The molecule has 1 atom stereocenters. The van der Waals surface area contributed by atoms with Gasteiger partial charge in [-0.3, -0.25) is 4.79 Å². The molecule has 19 heavy (non-hydrogen) atoms. The van der Waals surface area contributed by atoms with E-state index in [1.54, 1.807) is 17.9 Å². The van der Waals surface area contributed by atoms with Gasteiger partial charge in [0.25, 0.3) is 0 Å². The van der Waals surface area contributed by atoms with Crippen LogP contribution >= 0.6 is 12.2 Å². The third kappa shape index (κ3) is 2.23. The fourth-order valence-corrected chi connectivity index (χ4v) is 2.52. The first-order chi connectivity index (χ1) is 8.90. The number of nitrogens with two attached hydrogens (primary N) is 1. The van der Waals surface area contributed by atoms with Crippen molar-refractivity contribution >= 4 is 28.8 Å². The summed E-state index contributed by atoms with van der Waals surface area (Å²) in [7, 11) is 0. The molecule has 0 spiro atoms. The maximum atomic E-state index is 13.3. The van der Waals surface area contributed by atoms with Gasteiger partial charge in [0.15, 0.2) is 0 Å². The summed E-state index contributed by atoms with van der Waals surface area (Å²) < 4.78 is 13.3. The molecule has 5 heteroatoms. The second-order valence-electron chi connectivity index (χ2n) is 5.03. The minimum Gasteiger partial charge on any atom is -0.392 e. The first kappa shape index (κ1) is 13.9. The molecule has 1 aromatic rings. The van der Waals surface area contributed by atoms with E-state index in [-0.39, 0.29) is 16.7 Å². The quantitative estimate of drug-likeness (QED) is 0.865. The van der Waals surface area contributed by atoms with Gasteiger partial charge in [0.2, 0.25) is 5.91 Å². The maximum absolute atomic E-state index is 13.3. The lowest BCUT2D eigenvalue weighted by Gasteiger charge is -2.31. The fourth-order valence-electron chi connectivity index (χ4n) is 2.29. The number of anilines is 1. The molecular formula is C14H17FN2OS. The summed E-state index contributed by atoms with van der Waals surface area (Å²) in [5.74, 6) is -0.487. The molecule has 1 amide bonds. The van der Waals surface area contributed by atoms with Gasteiger partial charge in [-0.1, -0.05) is 25.2 Å². The molecule has 0 fully saturated rings. The van der Waals surface area contributed by atoms with Gasteiger partial charge in [-0.2, -0.15) is 0 Å². The molecule has 0 saturated carbocycles. The van der Waals surface area contributed by atoms with Crippen molar-refractivity contribution in [3.8, 4) is 0 Å². The summed E-state index contributed by atoms with van der Waals surface area (Å²) in [6.45, 7) is 4.17. The Morgan fingerprint density at radius 1 is 1.58 bits per heavy atom. The van der Waals surface area contributed by atoms with Crippen LogP contribution in [0.4, 0.5) is 10.1 Å². The molecule has 2 N–H and O–H groups in total. The van der Waals surface area contributed by atoms with E-state index in [2.05, 4.69) is 0 Å². The average molecular weight is 280 g/mol. The van der Waals surface area contributed by atoms with E-state index < -0.39 is 5.41 Å². The van der Waals surface area contributed by atoms with Gasteiger partial charge in [-0.05, 0) is 37.5 Å². The number of carbonyl (C=O) groups excluding carboxylic acids is 1. The Morgan fingerprint density at radius 3 is 2.84 bits per heavy atom. The van der Waals surface area contributed by atoms with Crippen LogP contribution in [0, 0.1) is 11.2 Å². The Morgan fingerprint density at radius 2 is 2.26 bits per heavy atom. The molecule has 1 heterocycles. The number of hydrogen-bond donors (Lipinski definition) is 1. The fraction of sp³-hybridized carbons (Fsp3) is 0.429. The molecule has 1 aliphatic heterocycles. The van der Waals surface area contributed by atoms with Gasteiger partial charge < -0.3 is 10.6 Å². The van der Waals surface area contributed by atoms with Crippen LogP contribution in [0.25, 0.3) is 0 Å². The molecule has 0 aromatic heterocycles. The topological polar surface area (TPSA) is 46.3 Å². The lowest BCUT2D eigenvalue weighted by atomic mass is 9.85. The zero-order valence-electron chi connectivity index (χ0n) is 11.1. The minimum absolute atomic E-state index is 0.146. The van der Waals surface area contributed by atoms with Crippen LogP contribution in [0.2, 0.25) is 0 Å². The van der Waals surface area contributed by atoms with Gasteiger partial charge in [0, 0.05) is 12.2 Å². The summed E-state index contributed by atoms with van der Waals surface area (Å²) in [6.07, 6.45) is 1.26. The Kier molecular flexibility index (Phi) is 3.58. The Hall–Kier alpha value is -1.49. The van der Waals surface area contributed by atoms with Crippen molar-refractivity contribution in [3.05, 3.63) is 29.6 Å². The van der Waals surface area contributed by atoms with Crippen LogP contribution in [0.15, 0.2) is 18.2 Å². The van der Waals surface area contributed by atoms with Crippen LogP contribution in [-0.2, 0) is 11.2 Å². The molecule has 1 aliphatic rings. The molecule has 0 bridgehead atoms. The summed E-state index contributed by atoms with van der Waals surface area (Å²) in [5, 5.41) is 0. The number of halogens is 1. The van der Waals surface area contributed by atoms with Crippen molar-refractivity contribution in [3.63, 3.8) is 0 Å². The minimum atomic E-state index is -0.872. The van der Waals surface area contributed by atoms with Gasteiger partial charge in [-0.15, -0.1) is 0 Å². The molecule has 1 unspecified atom stereocenters. The molecule has 2 rings (SSSR count). The van der Waals surface area contributed by atoms with Crippen LogP contribution in [0.3, 0.4) is 0 Å². The second kappa shape index (κ2) is 4.89. The average Bonchev–Trinajstić information content (AvgIpc) is 2.79. The highest BCUT2D eigenvalue weighted by Crippen LogP contribution is 2.34.